The Bertz CT molecular complexity index is 947. The fourth-order valence-corrected chi connectivity index (χ4v) is 3.31. The zero-order valence-electron chi connectivity index (χ0n) is 14.1. The number of aromatic hydroxyl groups is 1. The van der Waals surface area contributed by atoms with E-state index in [9.17, 15) is 9.90 Å². The number of carboxylic acid groups (broad SMARTS) is 1. The van der Waals surface area contributed by atoms with Gasteiger partial charge in [0, 0.05) is 31.6 Å². The molecule has 0 saturated heterocycles. The van der Waals surface area contributed by atoms with E-state index in [0.717, 1.165) is 54.4 Å². The molecule has 6 nitrogen and oxygen atoms in total. The Balaban J connectivity index is 1.51. The van der Waals surface area contributed by atoms with Crippen LogP contribution in [0.4, 0.5) is 0 Å². The van der Waals surface area contributed by atoms with Crippen LogP contribution < -0.4 is 0 Å². The summed E-state index contributed by atoms with van der Waals surface area (Å²) in [6.07, 6.45) is 0.859. The van der Waals surface area contributed by atoms with Gasteiger partial charge in [0.05, 0.1) is 17.0 Å². The van der Waals surface area contributed by atoms with Crippen molar-refractivity contribution in [1.82, 2.24) is 14.9 Å². The number of nitrogens with zero attached hydrogens (tertiary/aromatic N) is 2. The van der Waals surface area contributed by atoms with Crippen molar-refractivity contribution in [3.63, 3.8) is 0 Å². The predicted molar refractivity (Wildman–Crippen MR) is 96.9 cm³/mol. The van der Waals surface area contributed by atoms with E-state index in [1.807, 2.05) is 12.1 Å². The lowest BCUT2D eigenvalue weighted by molar-refractivity contribution is 0.0697. The van der Waals surface area contributed by atoms with Gasteiger partial charge in [0.25, 0.3) is 0 Å². The molecule has 1 aromatic heterocycles. The number of rotatable bonds is 4. The minimum atomic E-state index is -0.933. The van der Waals surface area contributed by atoms with Crippen molar-refractivity contribution in [2.45, 2.75) is 19.5 Å². The molecular formula is C20H19N3O3. The van der Waals surface area contributed by atoms with Gasteiger partial charge in [-0.3, -0.25) is 4.90 Å². The molecule has 0 unspecified atom stereocenters. The fourth-order valence-electron chi connectivity index (χ4n) is 3.31. The minimum Gasteiger partial charge on any atom is -0.508 e. The molecule has 0 fully saturated rings. The lowest BCUT2D eigenvalue weighted by Crippen LogP contribution is -2.30. The number of benzene rings is 2. The molecular weight excluding hydrogens is 330 g/mol. The molecule has 0 atom stereocenters. The third-order valence-electron chi connectivity index (χ3n) is 4.63. The van der Waals surface area contributed by atoms with Gasteiger partial charge in [0.2, 0.25) is 0 Å². The average Bonchev–Trinajstić information content (AvgIpc) is 3.05. The van der Waals surface area contributed by atoms with Crippen molar-refractivity contribution in [2.24, 2.45) is 0 Å². The number of carboxylic acids is 1. The van der Waals surface area contributed by atoms with E-state index in [4.69, 9.17) is 5.11 Å². The van der Waals surface area contributed by atoms with Gasteiger partial charge >= 0.3 is 5.97 Å². The summed E-state index contributed by atoms with van der Waals surface area (Å²) >= 11 is 0. The molecule has 0 amide bonds. The van der Waals surface area contributed by atoms with Crippen LogP contribution in [-0.4, -0.2) is 37.6 Å². The highest BCUT2D eigenvalue weighted by atomic mass is 16.4. The second-order valence-corrected chi connectivity index (χ2v) is 6.52. The van der Waals surface area contributed by atoms with Gasteiger partial charge in [0.15, 0.2) is 0 Å². The molecule has 0 aliphatic carbocycles. The van der Waals surface area contributed by atoms with Crippen molar-refractivity contribution in [3.8, 4) is 17.1 Å². The van der Waals surface area contributed by atoms with Gasteiger partial charge in [-0.25, -0.2) is 9.78 Å². The number of aromatic amines is 1. The maximum atomic E-state index is 11.0. The number of fused-ring (bicyclic) bond motifs is 1. The summed E-state index contributed by atoms with van der Waals surface area (Å²) in [4.78, 5) is 21.3. The van der Waals surface area contributed by atoms with Crippen LogP contribution in [0.15, 0.2) is 48.5 Å². The Kier molecular flexibility index (Phi) is 4.18. The SMILES string of the molecule is O=C(O)c1ccc(-c2nc3c([nH]2)CN(Cc2cccc(O)c2)CC3)cc1. The zero-order valence-corrected chi connectivity index (χ0v) is 14.1. The van der Waals surface area contributed by atoms with Gasteiger partial charge in [-0.05, 0) is 29.8 Å². The lowest BCUT2D eigenvalue weighted by atomic mass is 10.1. The van der Waals surface area contributed by atoms with Crippen LogP contribution in [0.2, 0.25) is 0 Å². The van der Waals surface area contributed by atoms with Crippen LogP contribution in [0.3, 0.4) is 0 Å². The van der Waals surface area contributed by atoms with Crippen molar-refractivity contribution in [2.75, 3.05) is 6.54 Å². The molecule has 6 heteroatoms. The molecule has 0 radical (unpaired) electrons. The van der Waals surface area contributed by atoms with Gasteiger partial charge in [-0.2, -0.15) is 0 Å². The van der Waals surface area contributed by atoms with Gasteiger partial charge in [-0.15, -0.1) is 0 Å². The van der Waals surface area contributed by atoms with Crippen LogP contribution in [-0.2, 0) is 19.5 Å². The Morgan fingerprint density at radius 1 is 1.19 bits per heavy atom. The van der Waals surface area contributed by atoms with E-state index in [-0.39, 0.29) is 11.3 Å². The van der Waals surface area contributed by atoms with Gasteiger partial charge < -0.3 is 15.2 Å². The highest BCUT2D eigenvalue weighted by molar-refractivity contribution is 5.88. The number of imidazole rings is 1. The van der Waals surface area contributed by atoms with E-state index in [2.05, 4.69) is 14.9 Å². The number of aromatic carboxylic acids is 1. The minimum absolute atomic E-state index is 0.266. The number of carbonyl (C=O) groups is 1. The molecule has 0 spiro atoms. The van der Waals surface area contributed by atoms with Crippen LogP contribution in [0.5, 0.6) is 5.75 Å². The third kappa shape index (κ3) is 3.32. The van der Waals surface area contributed by atoms with E-state index in [1.54, 1.807) is 36.4 Å². The van der Waals surface area contributed by atoms with Crippen LogP contribution in [0.1, 0.15) is 27.3 Å². The highest BCUT2D eigenvalue weighted by Gasteiger charge is 2.21. The van der Waals surface area contributed by atoms with Crippen LogP contribution >= 0.6 is 0 Å². The standard InChI is InChI=1S/C20H19N3O3/c24-16-3-1-2-13(10-16)11-23-9-8-17-18(12-23)22-19(21-17)14-4-6-15(7-5-14)20(25)26/h1-7,10,24H,8-9,11-12H2,(H,21,22)(H,25,26). The average molecular weight is 349 g/mol. The van der Waals surface area contributed by atoms with Crippen LogP contribution in [0.25, 0.3) is 11.4 Å². The first-order valence-electron chi connectivity index (χ1n) is 8.50. The summed E-state index contributed by atoms with van der Waals surface area (Å²) in [5.74, 6) is 0.123. The summed E-state index contributed by atoms with van der Waals surface area (Å²) in [5, 5.41) is 18.6. The first kappa shape index (κ1) is 16.4. The predicted octanol–water partition coefficient (Wildman–Crippen LogP) is 3.04. The fraction of sp³-hybridized carbons (Fsp3) is 0.200. The quantitative estimate of drug-likeness (QED) is 0.674. The Hall–Kier alpha value is -3.12. The van der Waals surface area contributed by atoms with E-state index >= 15 is 0 Å². The number of phenolic OH excluding ortho intramolecular Hbond substituents is 1. The second kappa shape index (κ2) is 6.65. The molecule has 132 valence electrons. The molecule has 4 rings (SSSR count). The third-order valence-corrected chi connectivity index (χ3v) is 4.63. The molecule has 3 aromatic rings. The Labute approximate surface area is 150 Å². The van der Waals surface area contributed by atoms with Crippen molar-refractivity contribution >= 4 is 5.97 Å². The summed E-state index contributed by atoms with van der Waals surface area (Å²) in [5.41, 5.74) is 4.38. The number of hydrogen-bond donors (Lipinski definition) is 3. The van der Waals surface area contributed by atoms with E-state index in [0.29, 0.717) is 0 Å². The van der Waals surface area contributed by atoms with Gasteiger partial charge in [-0.1, -0.05) is 24.3 Å². The van der Waals surface area contributed by atoms with E-state index < -0.39 is 5.97 Å². The lowest BCUT2D eigenvalue weighted by Gasteiger charge is -2.26. The number of H-pyrrole nitrogens is 1. The van der Waals surface area contributed by atoms with E-state index in [1.165, 1.54) is 0 Å². The van der Waals surface area contributed by atoms with Crippen LogP contribution in [0, 0.1) is 0 Å². The van der Waals surface area contributed by atoms with Gasteiger partial charge in [0.1, 0.15) is 11.6 Å². The van der Waals surface area contributed by atoms with Crippen molar-refractivity contribution < 1.29 is 15.0 Å². The summed E-state index contributed by atoms with van der Waals surface area (Å²) in [6.45, 7) is 2.45. The summed E-state index contributed by atoms with van der Waals surface area (Å²) in [6, 6.07) is 14.1. The van der Waals surface area contributed by atoms with Crippen molar-refractivity contribution in [3.05, 3.63) is 71.0 Å². The smallest absolute Gasteiger partial charge is 0.335 e. The maximum absolute atomic E-state index is 11.0. The largest absolute Gasteiger partial charge is 0.508 e. The number of phenols is 1. The second-order valence-electron chi connectivity index (χ2n) is 6.52. The summed E-state index contributed by atoms with van der Waals surface area (Å²) < 4.78 is 0. The Morgan fingerprint density at radius 2 is 2.00 bits per heavy atom. The van der Waals surface area contributed by atoms with Crippen molar-refractivity contribution in [1.29, 1.82) is 0 Å². The topological polar surface area (TPSA) is 89.4 Å². The molecule has 0 saturated carbocycles. The monoisotopic (exact) mass is 349 g/mol. The number of nitrogens with one attached hydrogen (secondary N) is 1. The first-order valence-corrected chi connectivity index (χ1v) is 8.50. The molecule has 2 aromatic carbocycles. The highest BCUT2D eigenvalue weighted by Crippen LogP contribution is 2.24. The maximum Gasteiger partial charge on any atom is 0.335 e. The summed E-state index contributed by atoms with van der Waals surface area (Å²) in [7, 11) is 0. The molecule has 1 aliphatic heterocycles. The normalized spacial score (nSPS) is 14.2. The number of aromatic nitrogens is 2. The first-order chi connectivity index (χ1) is 12.6. The molecule has 0 bridgehead atoms. The molecule has 26 heavy (non-hydrogen) atoms. The molecule has 2 heterocycles. The molecule has 3 N–H and O–H groups in total. The molecule has 1 aliphatic rings. The zero-order chi connectivity index (χ0) is 18.1. The Morgan fingerprint density at radius 3 is 2.73 bits per heavy atom. The number of hydrogen-bond acceptors (Lipinski definition) is 4.